The predicted octanol–water partition coefficient (Wildman–Crippen LogP) is 1.40. The molecule has 2 aromatic heterocycles. The van der Waals surface area contributed by atoms with E-state index in [2.05, 4.69) is 15.4 Å². The summed E-state index contributed by atoms with van der Waals surface area (Å²) in [6.45, 7) is 2.10. The number of nitrogens with one attached hydrogen (secondary N) is 1. The van der Waals surface area contributed by atoms with E-state index in [4.69, 9.17) is 4.74 Å². The van der Waals surface area contributed by atoms with Gasteiger partial charge in [0.1, 0.15) is 0 Å². The van der Waals surface area contributed by atoms with Gasteiger partial charge < -0.3 is 15.0 Å². The Morgan fingerprint density at radius 2 is 2.00 bits per heavy atom. The molecule has 25 heavy (non-hydrogen) atoms. The normalized spacial score (nSPS) is 16.8. The molecule has 1 aliphatic rings. The molecule has 0 spiro atoms. The lowest BCUT2D eigenvalue weighted by Gasteiger charge is -2.34. The van der Waals surface area contributed by atoms with Crippen LogP contribution in [0.1, 0.15) is 34.9 Å². The molecule has 1 N–H and O–H groups in total. The monoisotopic (exact) mass is 343 g/mol. The summed E-state index contributed by atoms with van der Waals surface area (Å²) >= 11 is 0. The van der Waals surface area contributed by atoms with E-state index < -0.39 is 0 Å². The highest BCUT2D eigenvalue weighted by molar-refractivity contribution is 5.94. The summed E-state index contributed by atoms with van der Waals surface area (Å²) in [6, 6.07) is 6.01. The third-order valence-corrected chi connectivity index (χ3v) is 4.70. The highest BCUT2D eigenvalue weighted by Crippen LogP contribution is 2.19. The highest BCUT2D eigenvalue weighted by atomic mass is 16.5. The molecule has 1 amide bonds. The minimum atomic E-state index is 0.0842. The molecule has 0 bridgehead atoms. The van der Waals surface area contributed by atoms with Crippen LogP contribution in [0.25, 0.3) is 0 Å². The van der Waals surface area contributed by atoms with E-state index >= 15 is 0 Å². The maximum Gasteiger partial charge on any atom is 0.253 e. The summed E-state index contributed by atoms with van der Waals surface area (Å²) < 4.78 is 7.24. The molecule has 0 aliphatic carbocycles. The lowest BCUT2D eigenvalue weighted by molar-refractivity contribution is 0.0692. The molecule has 0 aromatic carbocycles. The topological polar surface area (TPSA) is 72.3 Å². The van der Waals surface area contributed by atoms with Crippen LogP contribution in [0.2, 0.25) is 0 Å². The minimum Gasteiger partial charge on any atom is -0.383 e. The Kier molecular flexibility index (Phi) is 5.78. The average molecular weight is 343 g/mol. The van der Waals surface area contributed by atoms with Crippen molar-refractivity contribution in [2.24, 2.45) is 7.05 Å². The Balaban J connectivity index is 1.56. The number of rotatable bonds is 6. The van der Waals surface area contributed by atoms with E-state index in [1.807, 2.05) is 22.7 Å². The van der Waals surface area contributed by atoms with Crippen LogP contribution in [0.15, 0.2) is 36.8 Å². The molecule has 3 rings (SSSR count). The Morgan fingerprint density at radius 1 is 1.28 bits per heavy atom. The molecule has 0 saturated carbocycles. The molecular formula is C18H25N5O2. The number of pyridine rings is 1. The van der Waals surface area contributed by atoms with Crippen LogP contribution < -0.4 is 5.32 Å². The van der Waals surface area contributed by atoms with Crippen molar-refractivity contribution in [3.8, 4) is 0 Å². The number of ether oxygens (including phenoxy) is 1. The van der Waals surface area contributed by atoms with Crippen LogP contribution in [-0.2, 0) is 11.8 Å². The maximum absolute atomic E-state index is 12.5. The fraction of sp³-hybridized carbons (Fsp3) is 0.500. The van der Waals surface area contributed by atoms with Gasteiger partial charge in [0, 0.05) is 57.4 Å². The molecule has 2 aromatic rings. The van der Waals surface area contributed by atoms with Gasteiger partial charge in [-0.1, -0.05) is 0 Å². The van der Waals surface area contributed by atoms with E-state index in [9.17, 15) is 4.79 Å². The molecule has 1 atom stereocenters. The summed E-state index contributed by atoms with van der Waals surface area (Å²) in [6.07, 6.45) is 6.97. The Morgan fingerprint density at radius 3 is 2.60 bits per heavy atom. The minimum absolute atomic E-state index is 0.0842. The highest BCUT2D eigenvalue weighted by Gasteiger charge is 2.26. The van der Waals surface area contributed by atoms with Gasteiger partial charge in [0.05, 0.1) is 18.3 Å². The third-order valence-electron chi connectivity index (χ3n) is 4.70. The van der Waals surface area contributed by atoms with Crippen molar-refractivity contribution in [1.82, 2.24) is 25.0 Å². The molecule has 1 unspecified atom stereocenters. The first-order chi connectivity index (χ1) is 12.2. The van der Waals surface area contributed by atoms with Gasteiger partial charge in [0.15, 0.2) is 0 Å². The number of aromatic nitrogens is 3. The van der Waals surface area contributed by atoms with Crippen molar-refractivity contribution >= 4 is 5.91 Å². The van der Waals surface area contributed by atoms with Gasteiger partial charge in [-0.25, -0.2) is 0 Å². The number of piperidine rings is 1. The molecular weight excluding hydrogens is 318 g/mol. The van der Waals surface area contributed by atoms with E-state index in [1.165, 1.54) is 0 Å². The number of carbonyl (C=O) groups excluding carboxylic acids is 1. The third kappa shape index (κ3) is 4.24. The maximum atomic E-state index is 12.5. The first kappa shape index (κ1) is 17.6. The van der Waals surface area contributed by atoms with E-state index in [-0.39, 0.29) is 11.9 Å². The molecule has 0 radical (unpaired) electrons. The zero-order chi connectivity index (χ0) is 17.6. The van der Waals surface area contributed by atoms with Gasteiger partial charge in [-0.05, 0) is 31.0 Å². The van der Waals surface area contributed by atoms with Crippen molar-refractivity contribution in [2.45, 2.75) is 24.9 Å². The van der Waals surface area contributed by atoms with Gasteiger partial charge in [0.25, 0.3) is 5.91 Å². The van der Waals surface area contributed by atoms with Crippen molar-refractivity contribution in [1.29, 1.82) is 0 Å². The van der Waals surface area contributed by atoms with Crippen molar-refractivity contribution in [3.63, 3.8) is 0 Å². The molecule has 1 aliphatic heterocycles. The molecule has 3 heterocycles. The van der Waals surface area contributed by atoms with Crippen LogP contribution in [0, 0.1) is 0 Å². The lowest BCUT2D eigenvalue weighted by atomic mass is 10.0. The number of amides is 1. The molecule has 1 fully saturated rings. The summed E-state index contributed by atoms with van der Waals surface area (Å²) in [5.74, 6) is 0.0842. The van der Waals surface area contributed by atoms with E-state index in [1.54, 1.807) is 37.8 Å². The van der Waals surface area contributed by atoms with E-state index in [0.717, 1.165) is 31.6 Å². The molecule has 7 heteroatoms. The lowest BCUT2D eigenvalue weighted by Crippen LogP contribution is -2.46. The van der Waals surface area contributed by atoms with Crippen LogP contribution in [-0.4, -0.2) is 58.4 Å². The van der Waals surface area contributed by atoms with Crippen LogP contribution in [0.3, 0.4) is 0 Å². The SMILES string of the molecule is COCC(NC1CCN(C(=O)c2ccncc2)CC1)c1ccnn1C. The number of likely N-dealkylation sites (tertiary alicyclic amines) is 1. The molecule has 7 nitrogen and oxygen atoms in total. The largest absolute Gasteiger partial charge is 0.383 e. The quantitative estimate of drug-likeness (QED) is 0.858. The zero-order valence-electron chi connectivity index (χ0n) is 14.8. The number of carbonyl (C=O) groups is 1. The number of hydrogen-bond donors (Lipinski definition) is 1. The van der Waals surface area contributed by atoms with Crippen LogP contribution >= 0.6 is 0 Å². The molecule has 1 saturated heterocycles. The number of aryl methyl sites for hydroxylation is 1. The average Bonchev–Trinajstić information content (AvgIpc) is 3.08. The Labute approximate surface area is 148 Å². The smallest absolute Gasteiger partial charge is 0.253 e. The fourth-order valence-corrected chi connectivity index (χ4v) is 3.32. The second kappa shape index (κ2) is 8.22. The van der Waals surface area contributed by atoms with Gasteiger partial charge >= 0.3 is 0 Å². The van der Waals surface area contributed by atoms with Crippen molar-refractivity contribution in [3.05, 3.63) is 48.0 Å². The summed E-state index contributed by atoms with van der Waals surface area (Å²) in [7, 11) is 3.65. The number of nitrogens with zero attached hydrogens (tertiary/aromatic N) is 4. The predicted molar refractivity (Wildman–Crippen MR) is 94.1 cm³/mol. The van der Waals surface area contributed by atoms with Gasteiger partial charge in [-0.15, -0.1) is 0 Å². The van der Waals surface area contributed by atoms with Gasteiger partial charge in [0.2, 0.25) is 0 Å². The first-order valence-electron chi connectivity index (χ1n) is 8.61. The Bertz CT molecular complexity index is 680. The number of hydrogen-bond acceptors (Lipinski definition) is 5. The summed E-state index contributed by atoms with van der Waals surface area (Å²) in [5, 5.41) is 7.91. The second-order valence-corrected chi connectivity index (χ2v) is 6.36. The summed E-state index contributed by atoms with van der Waals surface area (Å²) in [5.41, 5.74) is 1.81. The van der Waals surface area contributed by atoms with Crippen LogP contribution in [0.5, 0.6) is 0 Å². The Hall–Kier alpha value is -2.25. The van der Waals surface area contributed by atoms with E-state index in [0.29, 0.717) is 18.2 Å². The standard InChI is InChI=1S/C18H25N5O2/c1-22-17(5-10-20-22)16(13-25-2)21-15-6-11-23(12-7-15)18(24)14-3-8-19-9-4-14/h3-5,8-10,15-16,21H,6-7,11-13H2,1-2H3. The van der Waals surface area contributed by atoms with Gasteiger partial charge in [-0.3, -0.25) is 14.5 Å². The van der Waals surface area contributed by atoms with Crippen molar-refractivity contribution in [2.75, 3.05) is 26.8 Å². The second-order valence-electron chi connectivity index (χ2n) is 6.36. The van der Waals surface area contributed by atoms with Crippen molar-refractivity contribution < 1.29 is 9.53 Å². The summed E-state index contributed by atoms with van der Waals surface area (Å²) in [4.78, 5) is 18.4. The van der Waals surface area contributed by atoms with Gasteiger partial charge in [-0.2, -0.15) is 5.10 Å². The fourth-order valence-electron chi connectivity index (χ4n) is 3.32. The molecule has 134 valence electrons. The van der Waals surface area contributed by atoms with Crippen LogP contribution in [0.4, 0.5) is 0 Å². The zero-order valence-corrected chi connectivity index (χ0v) is 14.8. The first-order valence-corrected chi connectivity index (χ1v) is 8.61. The number of methoxy groups -OCH3 is 1.